The van der Waals surface area contributed by atoms with E-state index in [1.807, 2.05) is 18.2 Å². The number of carbonyl (C=O) groups excluding carboxylic acids is 2. The van der Waals surface area contributed by atoms with Crippen LogP contribution in [0.25, 0.3) is 0 Å². The Hall–Kier alpha value is -1.53. The van der Waals surface area contributed by atoms with Crippen LogP contribution in [-0.2, 0) is 11.2 Å². The molecule has 0 spiro atoms. The quantitative estimate of drug-likeness (QED) is 0.604. The fourth-order valence-electron chi connectivity index (χ4n) is 1.93. The predicted molar refractivity (Wildman–Crippen MR) is 73.7 cm³/mol. The van der Waals surface area contributed by atoms with Crippen LogP contribution in [0.4, 0.5) is 0 Å². The molecule has 1 aromatic carbocycles. The van der Waals surface area contributed by atoms with Crippen LogP contribution < -0.4 is 0 Å². The Kier molecular flexibility index (Phi) is 4.22. The van der Waals surface area contributed by atoms with Gasteiger partial charge in [0.05, 0.1) is 0 Å². The van der Waals surface area contributed by atoms with E-state index in [1.165, 1.54) is 11.8 Å². The van der Waals surface area contributed by atoms with Crippen molar-refractivity contribution >= 4 is 22.7 Å². The van der Waals surface area contributed by atoms with Crippen molar-refractivity contribution < 1.29 is 9.59 Å². The third-order valence-corrected chi connectivity index (χ3v) is 3.61. The third kappa shape index (κ3) is 3.24. The molecule has 0 unspecified atom stereocenters. The number of hydrogen-bond donors (Lipinski definition) is 0. The van der Waals surface area contributed by atoms with Gasteiger partial charge < -0.3 is 0 Å². The van der Waals surface area contributed by atoms with Crippen LogP contribution in [0.2, 0.25) is 0 Å². The van der Waals surface area contributed by atoms with Crippen molar-refractivity contribution in [1.29, 1.82) is 0 Å². The molecule has 0 aromatic heterocycles. The lowest BCUT2D eigenvalue weighted by atomic mass is 10.1. The Balaban J connectivity index is 1.98. The van der Waals surface area contributed by atoms with E-state index in [1.54, 1.807) is 6.92 Å². The van der Waals surface area contributed by atoms with E-state index in [9.17, 15) is 9.59 Å². The van der Waals surface area contributed by atoms with Crippen molar-refractivity contribution in [3.63, 3.8) is 0 Å². The number of fused-ring (bicyclic) bond motifs is 1. The molecule has 2 rings (SSSR count). The summed E-state index contributed by atoms with van der Waals surface area (Å²) in [7, 11) is 0. The molecule has 92 valence electrons. The van der Waals surface area contributed by atoms with E-state index in [4.69, 9.17) is 0 Å². The van der Waals surface area contributed by atoms with Gasteiger partial charge in [-0.25, -0.2) is 0 Å². The maximum absolute atomic E-state index is 11.6. The normalized spacial score (nSPS) is 12.8. The van der Waals surface area contributed by atoms with Crippen LogP contribution in [0.5, 0.6) is 0 Å². The minimum absolute atomic E-state index is 0.125. The molecule has 0 heterocycles. The highest BCUT2D eigenvalue weighted by atomic mass is 32.2. The number of rotatable bonds is 2. The summed E-state index contributed by atoms with van der Waals surface area (Å²) in [6, 6.07) is 5.84. The first-order valence-electron chi connectivity index (χ1n) is 5.95. The highest BCUT2D eigenvalue weighted by molar-refractivity contribution is 8.13. The Morgan fingerprint density at radius 3 is 3.00 bits per heavy atom. The zero-order chi connectivity index (χ0) is 13.0. The molecule has 0 saturated carbocycles. The summed E-state index contributed by atoms with van der Waals surface area (Å²) in [5, 5.41) is 0.125. The van der Waals surface area contributed by atoms with Gasteiger partial charge in [-0.05, 0) is 24.1 Å². The fourth-order valence-corrected chi connectivity index (χ4v) is 2.42. The highest BCUT2D eigenvalue weighted by Gasteiger charge is 2.18. The van der Waals surface area contributed by atoms with Gasteiger partial charge in [-0.1, -0.05) is 29.7 Å². The first-order valence-corrected chi connectivity index (χ1v) is 6.94. The summed E-state index contributed by atoms with van der Waals surface area (Å²) in [4.78, 5) is 22.3. The van der Waals surface area contributed by atoms with Gasteiger partial charge in [0.15, 0.2) is 10.9 Å². The predicted octanol–water partition coefficient (Wildman–Crippen LogP) is 2.84. The first kappa shape index (κ1) is 12.9. The van der Waals surface area contributed by atoms with Crippen molar-refractivity contribution in [3.8, 4) is 11.8 Å². The molecule has 1 aliphatic carbocycles. The molecule has 0 N–H and O–H groups in total. The van der Waals surface area contributed by atoms with Crippen molar-refractivity contribution in [3.05, 3.63) is 34.9 Å². The molecule has 0 radical (unpaired) electrons. The number of thioether (sulfide) groups is 1. The van der Waals surface area contributed by atoms with Crippen molar-refractivity contribution in [2.24, 2.45) is 0 Å². The minimum atomic E-state index is 0.125. The molecule has 0 amide bonds. The lowest BCUT2D eigenvalue weighted by Gasteiger charge is -1.97. The lowest BCUT2D eigenvalue weighted by Crippen LogP contribution is -1.91. The van der Waals surface area contributed by atoms with E-state index in [0.717, 1.165) is 28.9 Å². The van der Waals surface area contributed by atoms with E-state index in [-0.39, 0.29) is 10.9 Å². The first-order chi connectivity index (χ1) is 8.66. The Labute approximate surface area is 111 Å². The van der Waals surface area contributed by atoms with Gasteiger partial charge in [0.2, 0.25) is 0 Å². The molecular weight excluding hydrogens is 244 g/mol. The van der Waals surface area contributed by atoms with Crippen molar-refractivity contribution in [1.82, 2.24) is 0 Å². The van der Waals surface area contributed by atoms with E-state index in [2.05, 4.69) is 11.8 Å². The molecule has 0 saturated heterocycles. The van der Waals surface area contributed by atoms with Crippen LogP contribution in [0.15, 0.2) is 18.2 Å². The zero-order valence-electron chi connectivity index (χ0n) is 10.3. The van der Waals surface area contributed by atoms with E-state index < -0.39 is 0 Å². The molecule has 2 nitrogen and oxygen atoms in total. The maximum atomic E-state index is 11.6. The average molecular weight is 258 g/mol. The SMILES string of the molecule is CC(=O)SCCC#Cc1ccc2c(c1)C(=O)CC2. The molecule has 0 aliphatic heterocycles. The summed E-state index contributed by atoms with van der Waals surface area (Å²) in [5.74, 6) is 7.02. The Morgan fingerprint density at radius 1 is 1.39 bits per heavy atom. The number of benzene rings is 1. The van der Waals surface area contributed by atoms with Crippen LogP contribution in [0.3, 0.4) is 0 Å². The molecule has 0 atom stereocenters. The topological polar surface area (TPSA) is 34.1 Å². The monoisotopic (exact) mass is 258 g/mol. The second-order valence-electron chi connectivity index (χ2n) is 4.19. The highest BCUT2D eigenvalue weighted by Crippen LogP contribution is 2.22. The third-order valence-electron chi connectivity index (χ3n) is 2.80. The summed E-state index contributed by atoms with van der Waals surface area (Å²) in [5.41, 5.74) is 2.86. The standard InChI is InChI=1S/C15H14O2S/c1-11(16)18-9-3-2-4-12-5-6-13-7-8-15(17)14(13)10-12/h5-6,10H,3,7-9H2,1H3. The van der Waals surface area contributed by atoms with Gasteiger partial charge in [0, 0.05) is 36.6 Å². The summed E-state index contributed by atoms with van der Waals surface area (Å²) in [6.45, 7) is 1.56. The summed E-state index contributed by atoms with van der Waals surface area (Å²) >= 11 is 1.29. The number of Topliss-reactive ketones (excluding diaryl/α,β-unsaturated/α-hetero) is 1. The maximum Gasteiger partial charge on any atom is 0.185 e. The molecule has 1 aromatic rings. The van der Waals surface area contributed by atoms with Gasteiger partial charge in [0.25, 0.3) is 0 Å². The van der Waals surface area contributed by atoms with Crippen LogP contribution in [0.1, 0.15) is 41.3 Å². The van der Waals surface area contributed by atoms with Gasteiger partial charge in [-0.3, -0.25) is 9.59 Å². The van der Waals surface area contributed by atoms with Crippen LogP contribution in [-0.4, -0.2) is 16.7 Å². The zero-order valence-corrected chi connectivity index (χ0v) is 11.1. The van der Waals surface area contributed by atoms with Crippen molar-refractivity contribution in [2.75, 3.05) is 5.75 Å². The minimum Gasteiger partial charge on any atom is -0.294 e. The summed E-state index contributed by atoms with van der Waals surface area (Å²) in [6.07, 6.45) is 2.17. The largest absolute Gasteiger partial charge is 0.294 e. The fraction of sp³-hybridized carbons (Fsp3) is 0.333. The second-order valence-corrected chi connectivity index (χ2v) is 5.46. The van der Waals surface area contributed by atoms with Crippen LogP contribution >= 0.6 is 11.8 Å². The number of hydrogen-bond acceptors (Lipinski definition) is 3. The van der Waals surface area contributed by atoms with E-state index in [0.29, 0.717) is 12.8 Å². The molecule has 0 fully saturated rings. The second kappa shape index (κ2) is 5.88. The summed E-state index contributed by atoms with van der Waals surface area (Å²) < 4.78 is 0. The van der Waals surface area contributed by atoms with Crippen LogP contribution in [0, 0.1) is 11.8 Å². The molecule has 0 bridgehead atoms. The Morgan fingerprint density at radius 2 is 2.22 bits per heavy atom. The van der Waals surface area contributed by atoms with Gasteiger partial charge >= 0.3 is 0 Å². The number of ketones is 1. The average Bonchev–Trinajstić information content (AvgIpc) is 2.70. The number of aryl methyl sites for hydroxylation is 1. The molecule has 3 heteroatoms. The lowest BCUT2D eigenvalue weighted by molar-refractivity contribution is -0.109. The molecule has 18 heavy (non-hydrogen) atoms. The smallest absolute Gasteiger partial charge is 0.185 e. The molecular formula is C15H14O2S. The number of carbonyl (C=O) groups is 2. The molecule has 1 aliphatic rings. The van der Waals surface area contributed by atoms with Gasteiger partial charge in [0.1, 0.15) is 0 Å². The van der Waals surface area contributed by atoms with Gasteiger partial charge in [-0.2, -0.15) is 0 Å². The Bertz CT molecular complexity index is 549. The van der Waals surface area contributed by atoms with Crippen molar-refractivity contribution in [2.45, 2.75) is 26.2 Å². The van der Waals surface area contributed by atoms with E-state index >= 15 is 0 Å². The van der Waals surface area contributed by atoms with Gasteiger partial charge in [-0.15, -0.1) is 0 Å².